The first-order chi connectivity index (χ1) is 13.3. The Bertz CT molecular complexity index is 1190. The zero-order valence-corrected chi connectivity index (χ0v) is 14.3. The Morgan fingerprint density at radius 2 is 1.79 bits per heavy atom. The van der Waals surface area contributed by atoms with Crippen LogP contribution < -0.4 is 5.73 Å². The molecule has 4 aromatic rings. The number of alkyl halides is 3. The van der Waals surface area contributed by atoms with Crippen LogP contribution in [0.1, 0.15) is 16.1 Å². The van der Waals surface area contributed by atoms with Crippen molar-refractivity contribution in [1.29, 1.82) is 0 Å². The van der Waals surface area contributed by atoms with E-state index in [1.807, 2.05) is 30.3 Å². The average Bonchev–Trinajstić information content (AvgIpc) is 3.12. The number of hydrogen-bond acceptors (Lipinski definition) is 3. The molecule has 0 aliphatic carbocycles. The van der Waals surface area contributed by atoms with E-state index in [1.54, 1.807) is 6.20 Å². The Morgan fingerprint density at radius 1 is 1.00 bits per heavy atom. The van der Waals surface area contributed by atoms with Gasteiger partial charge in [0, 0.05) is 11.6 Å². The minimum Gasteiger partial charge on any atom is -0.364 e. The fraction of sp³-hybridized carbons (Fsp3) is 0.0500. The number of hydrogen-bond donors (Lipinski definition) is 1. The number of pyridine rings is 1. The second-order valence-corrected chi connectivity index (χ2v) is 6.12. The molecular weight excluding hydrogens is 369 g/mol. The molecule has 2 aromatic heterocycles. The number of amides is 1. The van der Waals surface area contributed by atoms with Crippen LogP contribution in [0, 0.1) is 0 Å². The standard InChI is InChI=1S/C20H13F3N4O/c21-20(22,23)13-5-3-6-14(10-13)27-17(11-16(26-27)19(24)28)18-15-7-2-1-4-12(15)8-9-25-18/h1-11H,(H2,24,28). The van der Waals surface area contributed by atoms with Crippen LogP contribution >= 0.6 is 0 Å². The molecule has 1 amide bonds. The summed E-state index contributed by atoms with van der Waals surface area (Å²) in [7, 11) is 0. The predicted octanol–water partition coefficient (Wildman–Crippen LogP) is 4.21. The summed E-state index contributed by atoms with van der Waals surface area (Å²) in [5.74, 6) is -0.785. The SMILES string of the molecule is NC(=O)c1cc(-c2nccc3ccccc23)n(-c2cccc(C(F)(F)F)c2)n1. The highest BCUT2D eigenvalue weighted by Crippen LogP contribution is 2.33. The monoisotopic (exact) mass is 382 g/mol. The Morgan fingerprint density at radius 3 is 2.54 bits per heavy atom. The maximum Gasteiger partial charge on any atom is 0.416 e. The summed E-state index contributed by atoms with van der Waals surface area (Å²) in [5, 5.41) is 5.79. The van der Waals surface area contributed by atoms with Crippen LogP contribution in [0.5, 0.6) is 0 Å². The lowest BCUT2D eigenvalue weighted by molar-refractivity contribution is -0.137. The molecule has 0 bridgehead atoms. The van der Waals surface area contributed by atoms with Crippen LogP contribution in [0.25, 0.3) is 27.8 Å². The Kier molecular flexibility index (Phi) is 4.11. The molecule has 140 valence electrons. The number of fused-ring (bicyclic) bond motifs is 1. The van der Waals surface area contributed by atoms with Gasteiger partial charge in [0.2, 0.25) is 0 Å². The Hall–Kier alpha value is -3.68. The van der Waals surface area contributed by atoms with Gasteiger partial charge in [-0.25, -0.2) is 4.68 Å². The van der Waals surface area contributed by atoms with Gasteiger partial charge >= 0.3 is 6.18 Å². The summed E-state index contributed by atoms with van der Waals surface area (Å²) >= 11 is 0. The fourth-order valence-corrected chi connectivity index (χ4v) is 3.00. The second-order valence-electron chi connectivity index (χ2n) is 6.12. The topological polar surface area (TPSA) is 73.8 Å². The van der Waals surface area contributed by atoms with Crippen LogP contribution in [0.4, 0.5) is 13.2 Å². The maximum atomic E-state index is 13.1. The molecule has 2 N–H and O–H groups in total. The minimum absolute atomic E-state index is 0.0675. The molecule has 0 saturated heterocycles. The van der Waals surface area contributed by atoms with Gasteiger partial charge in [0.15, 0.2) is 5.69 Å². The maximum absolute atomic E-state index is 13.1. The van der Waals surface area contributed by atoms with Gasteiger partial charge in [0.1, 0.15) is 0 Å². The van der Waals surface area contributed by atoms with Crippen molar-refractivity contribution < 1.29 is 18.0 Å². The minimum atomic E-state index is -4.51. The van der Waals surface area contributed by atoms with Gasteiger partial charge in [-0.15, -0.1) is 0 Å². The fourth-order valence-electron chi connectivity index (χ4n) is 3.00. The number of primary amides is 1. The molecule has 0 fully saturated rings. The van der Waals surface area contributed by atoms with Crippen molar-refractivity contribution in [3.05, 3.63) is 78.1 Å². The first-order valence-electron chi connectivity index (χ1n) is 8.26. The van der Waals surface area contributed by atoms with Gasteiger partial charge in [-0.2, -0.15) is 18.3 Å². The van der Waals surface area contributed by atoms with Gasteiger partial charge < -0.3 is 5.73 Å². The summed E-state index contributed by atoms with van der Waals surface area (Å²) in [6, 6.07) is 15.4. The zero-order chi connectivity index (χ0) is 19.9. The molecule has 8 heteroatoms. The van der Waals surface area contributed by atoms with Crippen LogP contribution in [0.15, 0.2) is 66.9 Å². The quantitative estimate of drug-likeness (QED) is 0.577. The summed E-state index contributed by atoms with van der Waals surface area (Å²) in [5.41, 5.74) is 5.45. The van der Waals surface area contributed by atoms with E-state index in [-0.39, 0.29) is 11.4 Å². The van der Waals surface area contributed by atoms with E-state index in [4.69, 9.17) is 5.73 Å². The number of rotatable bonds is 3. The van der Waals surface area contributed by atoms with Crippen molar-refractivity contribution in [3.8, 4) is 17.1 Å². The van der Waals surface area contributed by atoms with E-state index >= 15 is 0 Å². The lowest BCUT2D eigenvalue weighted by Crippen LogP contribution is -2.12. The van der Waals surface area contributed by atoms with E-state index in [9.17, 15) is 18.0 Å². The van der Waals surface area contributed by atoms with Crippen molar-refractivity contribution in [2.45, 2.75) is 6.18 Å². The van der Waals surface area contributed by atoms with Crippen LogP contribution in [-0.2, 0) is 6.18 Å². The Balaban J connectivity index is 1.98. The number of benzene rings is 2. The smallest absolute Gasteiger partial charge is 0.364 e. The molecule has 0 spiro atoms. The number of aromatic nitrogens is 3. The van der Waals surface area contributed by atoms with Gasteiger partial charge in [-0.1, -0.05) is 30.3 Å². The first-order valence-corrected chi connectivity index (χ1v) is 8.26. The lowest BCUT2D eigenvalue weighted by Gasteiger charge is -2.12. The summed E-state index contributed by atoms with van der Waals surface area (Å²) in [4.78, 5) is 16.0. The molecule has 0 unspecified atom stereocenters. The molecule has 2 heterocycles. The molecule has 0 saturated carbocycles. The number of nitrogens with zero attached hydrogens (tertiary/aromatic N) is 3. The molecule has 2 aromatic carbocycles. The van der Waals surface area contributed by atoms with E-state index < -0.39 is 17.6 Å². The first kappa shape index (κ1) is 17.7. The van der Waals surface area contributed by atoms with Crippen molar-refractivity contribution in [1.82, 2.24) is 14.8 Å². The third kappa shape index (κ3) is 3.09. The van der Waals surface area contributed by atoms with Gasteiger partial charge in [0.25, 0.3) is 5.91 Å². The molecular formula is C20H13F3N4O. The molecule has 28 heavy (non-hydrogen) atoms. The van der Waals surface area contributed by atoms with Gasteiger partial charge in [-0.05, 0) is 35.7 Å². The highest BCUT2D eigenvalue weighted by Gasteiger charge is 2.31. The average molecular weight is 382 g/mol. The molecule has 4 rings (SSSR count). The number of nitrogens with two attached hydrogens (primary N) is 1. The van der Waals surface area contributed by atoms with Crippen molar-refractivity contribution in [3.63, 3.8) is 0 Å². The third-order valence-corrected chi connectivity index (χ3v) is 4.30. The van der Waals surface area contributed by atoms with Crippen LogP contribution in [0.3, 0.4) is 0 Å². The largest absolute Gasteiger partial charge is 0.416 e. The van der Waals surface area contributed by atoms with Crippen molar-refractivity contribution in [2.75, 3.05) is 0 Å². The van der Waals surface area contributed by atoms with Crippen molar-refractivity contribution in [2.24, 2.45) is 5.73 Å². The second kappa shape index (κ2) is 6.49. The number of carbonyl (C=O) groups excluding carboxylic acids is 1. The van der Waals surface area contributed by atoms with E-state index in [1.165, 1.54) is 22.9 Å². The zero-order valence-electron chi connectivity index (χ0n) is 14.3. The van der Waals surface area contributed by atoms with Crippen LogP contribution in [-0.4, -0.2) is 20.7 Å². The summed E-state index contributed by atoms with van der Waals surface area (Å²) in [6.45, 7) is 0. The van der Waals surface area contributed by atoms with E-state index in [2.05, 4.69) is 10.1 Å². The normalized spacial score (nSPS) is 11.7. The summed E-state index contributed by atoms with van der Waals surface area (Å²) in [6.07, 6.45) is -2.92. The highest BCUT2D eigenvalue weighted by molar-refractivity contribution is 5.96. The van der Waals surface area contributed by atoms with E-state index in [0.29, 0.717) is 11.4 Å². The van der Waals surface area contributed by atoms with Crippen LogP contribution in [0.2, 0.25) is 0 Å². The predicted molar refractivity (Wildman–Crippen MR) is 97.8 cm³/mol. The number of halogens is 3. The van der Waals surface area contributed by atoms with Gasteiger partial charge in [-0.3, -0.25) is 9.78 Å². The molecule has 0 aliphatic heterocycles. The Labute approximate surface area is 157 Å². The molecule has 0 atom stereocenters. The highest BCUT2D eigenvalue weighted by atomic mass is 19.4. The number of carbonyl (C=O) groups is 1. The molecule has 5 nitrogen and oxygen atoms in total. The summed E-state index contributed by atoms with van der Waals surface area (Å²) < 4.78 is 40.7. The van der Waals surface area contributed by atoms with Crippen molar-refractivity contribution >= 4 is 16.7 Å². The third-order valence-electron chi connectivity index (χ3n) is 4.30. The van der Waals surface area contributed by atoms with E-state index in [0.717, 1.165) is 22.9 Å². The molecule has 0 aliphatic rings. The van der Waals surface area contributed by atoms with Gasteiger partial charge in [0.05, 0.1) is 22.6 Å². The lowest BCUT2D eigenvalue weighted by atomic mass is 10.1. The molecule has 0 radical (unpaired) electrons.